The standard InChI is InChI=1S/C52H88N2O41/c1-11(61)53-21-27(67)42(93-50-35(75)30(70)24(64)14(4-56)85-50)19(83-45(21)80)9-81-47-38(78)33(73)41(18(8-60)89-47)92-52-39(79)44(26(66)16(6-58)87-52)95-46-22(54-12(2)62)28(68)43(94-51-36(76)31(71)25(65)15(5-57)86-51)20(90-46)10-82-48-37(77)32(72)40(17(7-59)88-48)91-49-34(74)29(69)23(63)13(3-55)84-49/h13-52,55-60,63-80H,3-10H2,1-2H3,(H,53,61)(H,54,62)/t13-,14-,15-,16-,17-,18-,19-,20-,21-,22-,23+,24+,25+,26+,27-,28-,29+,30+,31+,32-,33-,34-,35-,36-,37-,38-,39-,40-,41-,42-,43-,44+,45-,46+,47-,48-,49+,50+,51+,52+/m1/s1. The first-order valence-corrected chi connectivity index (χ1v) is 30.1. The first-order chi connectivity index (χ1) is 44.9. The van der Waals surface area contributed by atoms with E-state index in [1.165, 1.54) is 0 Å². The van der Waals surface area contributed by atoms with Gasteiger partial charge < -0.3 is 204 Å². The summed E-state index contributed by atoms with van der Waals surface area (Å²) in [5, 5.41) is 264. The topological polar surface area (TPSA) is 682 Å². The average molecular weight is 1400 g/mol. The molecule has 0 radical (unpaired) electrons. The van der Waals surface area contributed by atoms with Gasteiger partial charge in [-0.05, 0) is 0 Å². The normalized spacial score (nSPS) is 50.8. The summed E-state index contributed by atoms with van der Waals surface area (Å²) >= 11 is 0. The summed E-state index contributed by atoms with van der Waals surface area (Å²) in [6.45, 7) is -6.01. The van der Waals surface area contributed by atoms with E-state index in [9.17, 15) is 132 Å². The molecular formula is C52H88N2O41. The molecule has 0 bridgehead atoms. The van der Waals surface area contributed by atoms with Gasteiger partial charge in [-0.2, -0.15) is 0 Å². The zero-order chi connectivity index (χ0) is 69.9. The van der Waals surface area contributed by atoms with Crippen molar-refractivity contribution in [1.29, 1.82) is 0 Å². The molecule has 8 aliphatic rings. The lowest BCUT2D eigenvalue weighted by Crippen LogP contribution is -2.70. The Balaban J connectivity index is 0.999. The van der Waals surface area contributed by atoms with Crippen molar-refractivity contribution in [2.24, 2.45) is 0 Å². The first-order valence-electron chi connectivity index (χ1n) is 30.1. The van der Waals surface area contributed by atoms with E-state index in [1.54, 1.807) is 0 Å². The highest BCUT2D eigenvalue weighted by atomic mass is 16.8. The maximum Gasteiger partial charge on any atom is 0.217 e. The molecule has 95 heavy (non-hydrogen) atoms. The number of amides is 2. The highest BCUT2D eigenvalue weighted by Crippen LogP contribution is 2.38. The van der Waals surface area contributed by atoms with Crippen molar-refractivity contribution in [2.75, 3.05) is 52.9 Å². The zero-order valence-corrected chi connectivity index (χ0v) is 50.4. The van der Waals surface area contributed by atoms with Gasteiger partial charge in [0.1, 0.15) is 195 Å². The van der Waals surface area contributed by atoms with Crippen molar-refractivity contribution < 1.29 is 203 Å². The molecule has 8 rings (SSSR count). The molecule has 0 aliphatic carbocycles. The van der Waals surface area contributed by atoms with E-state index in [4.69, 9.17) is 71.1 Å². The minimum atomic E-state index is -2.36. The van der Waals surface area contributed by atoms with Crippen molar-refractivity contribution in [3.8, 4) is 0 Å². The van der Waals surface area contributed by atoms with Gasteiger partial charge in [0.15, 0.2) is 50.3 Å². The number of rotatable bonds is 24. The van der Waals surface area contributed by atoms with Crippen LogP contribution in [0.2, 0.25) is 0 Å². The van der Waals surface area contributed by atoms with E-state index in [1.807, 2.05) is 0 Å². The molecule has 8 fully saturated rings. The minimum absolute atomic E-state index is 0.777. The summed E-state index contributed by atoms with van der Waals surface area (Å²) in [6, 6.07) is -3.58. The van der Waals surface area contributed by atoms with Crippen LogP contribution >= 0.6 is 0 Å². The highest BCUT2D eigenvalue weighted by Gasteiger charge is 2.59. The van der Waals surface area contributed by atoms with Crippen LogP contribution in [0.15, 0.2) is 0 Å². The highest BCUT2D eigenvalue weighted by molar-refractivity contribution is 5.73. The maximum absolute atomic E-state index is 12.9. The van der Waals surface area contributed by atoms with Gasteiger partial charge in [0, 0.05) is 13.8 Å². The second-order valence-corrected chi connectivity index (χ2v) is 23.9. The Kier molecular flexibility index (Phi) is 27.9. The van der Waals surface area contributed by atoms with E-state index in [0.717, 1.165) is 13.8 Å². The lowest BCUT2D eigenvalue weighted by molar-refractivity contribution is -0.387. The van der Waals surface area contributed by atoms with Crippen LogP contribution in [0.4, 0.5) is 0 Å². The molecule has 0 unspecified atom stereocenters. The number of aliphatic hydroxyl groups excluding tert-OH is 24. The number of ether oxygens (including phenoxy) is 15. The van der Waals surface area contributed by atoms with Crippen LogP contribution in [0.5, 0.6) is 0 Å². The predicted octanol–water partition coefficient (Wildman–Crippen LogP) is -18.2. The fraction of sp³-hybridized carbons (Fsp3) is 0.962. The van der Waals surface area contributed by atoms with Gasteiger partial charge in [-0.15, -0.1) is 0 Å². The molecule has 0 saturated carbocycles. The van der Waals surface area contributed by atoms with E-state index >= 15 is 0 Å². The number of hydrogen-bond acceptors (Lipinski definition) is 41. The Labute approximate surface area is 536 Å². The van der Waals surface area contributed by atoms with Crippen LogP contribution in [0.3, 0.4) is 0 Å². The molecule has 26 N–H and O–H groups in total. The van der Waals surface area contributed by atoms with Gasteiger partial charge in [-0.3, -0.25) is 9.59 Å². The molecule has 43 nitrogen and oxygen atoms in total. The summed E-state index contributed by atoms with van der Waals surface area (Å²) in [7, 11) is 0. The monoisotopic (exact) mass is 1400 g/mol. The number of aliphatic hydroxyl groups is 24. The molecule has 40 atom stereocenters. The second kappa shape index (κ2) is 33.9. The van der Waals surface area contributed by atoms with Crippen molar-refractivity contribution in [1.82, 2.24) is 10.6 Å². The SMILES string of the molecule is CC(=O)N[C@@H]1[C@@H](O)[C@H](O[C@@H]2O[C@H](CO)[C@H](O)[C@H](O)[C@H]2O)[C@@H](CO[C@@H]2O[C@H](CO)[C@@H](O[C@@H]3O[C@H](CO)[C@H](O)[C@H](O[C@@H]4O[C@H](CO[C@@H]5O[C@H](CO)[C@@H](O[C@@H]6O[C@H](CO)[C@H](O)[C@H](O)[C@H]6O)[C@H](O)[C@H]5O)[C@@H](O[C@@H]5O[C@H](CO)[C@H](O)[C@H](O)[C@H]5O)[C@H](O)[C@H]4NC(C)=O)[C@H]3O)[C@H](O)[C@H]2O)O[C@H]1O. The summed E-state index contributed by atoms with van der Waals surface area (Å²) < 4.78 is 85.9. The van der Waals surface area contributed by atoms with E-state index in [2.05, 4.69) is 10.6 Å². The van der Waals surface area contributed by atoms with E-state index < -0.39 is 310 Å². The summed E-state index contributed by atoms with van der Waals surface area (Å²) in [5.74, 6) is -1.72. The summed E-state index contributed by atoms with van der Waals surface area (Å²) in [5.41, 5.74) is 0. The van der Waals surface area contributed by atoms with Crippen LogP contribution in [0, 0.1) is 0 Å². The lowest BCUT2D eigenvalue weighted by Gasteiger charge is -2.50. The maximum atomic E-state index is 12.9. The molecule has 43 heteroatoms. The van der Waals surface area contributed by atoms with Crippen LogP contribution in [-0.2, 0) is 80.6 Å². The Hall–Kier alpha value is -2.62. The molecule has 0 aromatic rings. The zero-order valence-electron chi connectivity index (χ0n) is 50.4. The van der Waals surface area contributed by atoms with E-state index in [-0.39, 0.29) is 0 Å². The summed E-state index contributed by atoms with van der Waals surface area (Å²) in [6.07, 6.45) is -75.4. The molecule has 0 spiro atoms. The third kappa shape index (κ3) is 17.0. The third-order valence-corrected chi connectivity index (χ3v) is 17.4. The van der Waals surface area contributed by atoms with Crippen LogP contribution in [0.1, 0.15) is 13.8 Å². The van der Waals surface area contributed by atoms with Crippen molar-refractivity contribution in [3.05, 3.63) is 0 Å². The Morgan fingerprint density at radius 3 is 0.905 bits per heavy atom. The van der Waals surface area contributed by atoms with Crippen LogP contribution < -0.4 is 10.6 Å². The average Bonchev–Trinajstić information content (AvgIpc) is 0.792. The first kappa shape index (κ1) is 78.1. The van der Waals surface area contributed by atoms with Crippen molar-refractivity contribution >= 4 is 11.8 Å². The van der Waals surface area contributed by atoms with Gasteiger partial charge in [-0.25, -0.2) is 0 Å². The fourth-order valence-electron chi connectivity index (χ4n) is 12.1. The Morgan fingerprint density at radius 2 is 0.547 bits per heavy atom. The van der Waals surface area contributed by atoms with Crippen LogP contribution in [0.25, 0.3) is 0 Å². The molecule has 8 heterocycles. The number of hydrogen-bond donors (Lipinski definition) is 26. The fourth-order valence-corrected chi connectivity index (χ4v) is 12.1. The molecule has 552 valence electrons. The van der Waals surface area contributed by atoms with Gasteiger partial charge in [0.2, 0.25) is 11.8 Å². The second-order valence-electron chi connectivity index (χ2n) is 23.9. The molecule has 0 aromatic carbocycles. The molecule has 8 saturated heterocycles. The largest absolute Gasteiger partial charge is 0.394 e. The van der Waals surface area contributed by atoms with Gasteiger partial charge in [0.05, 0.1) is 52.9 Å². The van der Waals surface area contributed by atoms with Crippen molar-refractivity contribution in [2.45, 2.75) is 259 Å². The van der Waals surface area contributed by atoms with Gasteiger partial charge in [0.25, 0.3) is 0 Å². The van der Waals surface area contributed by atoms with Gasteiger partial charge >= 0.3 is 0 Å². The quantitative estimate of drug-likeness (QED) is 0.0427. The van der Waals surface area contributed by atoms with Crippen LogP contribution in [-0.4, -0.2) is 433 Å². The summed E-state index contributed by atoms with van der Waals surface area (Å²) in [4.78, 5) is 24.9. The molecule has 2 amide bonds. The van der Waals surface area contributed by atoms with E-state index in [0.29, 0.717) is 0 Å². The lowest BCUT2D eigenvalue weighted by atomic mass is 9.94. The number of carbonyl (C=O) groups excluding carboxylic acids is 2. The third-order valence-electron chi connectivity index (χ3n) is 17.4. The van der Waals surface area contributed by atoms with Crippen molar-refractivity contribution in [3.63, 3.8) is 0 Å². The Morgan fingerprint density at radius 1 is 0.274 bits per heavy atom. The molecular weight excluding hydrogens is 1310 g/mol. The molecule has 0 aromatic heterocycles. The van der Waals surface area contributed by atoms with Gasteiger partial charge in [-0.1, -0.05) is 0 Å². The minimum Gasteiger partial charge on any atom is -0.394 e. The number of nitrogens with one attached hydrogen (secondary N) is 2. The smallest absolute Gasteiger partial charge is 0.217 e. The Bertz CT molecular complexity index is 2380. The number of carbonyl (C=O) groups is 2. The predicted molar refractivity (Wildman–Crippen MR) is 288 cm³/mol. The molecule has 8 aliphatic heterocycles.